The first-order valence-corrected chi connectivity index (χ1v) is 5.34. The first-order valence-electron chi connectivity index (χ1n) is 5.34. The normalized spacial score (nSPS) is 12.7. The molecular weight excluding hydrogens is 239 g/mol. The summed E-state index contributed by atoms with van der Waals surface area (Å²) < 4.78 is 34.0. The van der Waals surface area contributed by atoms with E-state index in [1.54, 1.807) is 31.2 Å². The number of hydrogen-bond donors (Lipinski definition) is 0. The Labute approximate surface area is 104 Å². The molecule has 0 saturated carbocycles. The molecule has 0 aliphatic heterocycles. The SMILES string of the molecule is [B]C(C)c1cc(-c2ccccc2OC(F)F)on1. The number of aromatic nitrogens is 1. The lowest BCUT2D eigenvalue weighted by atomic mass is 9.86. The molecule has 2 rings (SSSR count). The molecular formula is C12H10BF2NO2. The predicted molar refractivity (Wildman–Crippen MR) is 62.7 cm³/mol. The summed E-state index contributed by atoms with van der Waals surface area (Å²) in [6.07, 6.45) is 0. The molecule has 0 saturated heterocycles. The summed E-state index contributed by atoms with van der Waals surface area (Å²) >= 11 is 0. The molecule has 1 aromatic carbocycles. The molecule has 0 aliphatic carbocycles. The number of hydrogen-bond acceptors (Lipinski definition) is 3. The smallest absolute Gasteiger partial charge is 0.387 e. The Morgan fingerprint density at radius 2 is 2.06 bits per heavy atom. The first-order chi connectivity index (χ1) is 8.58. The second-order valence-corrected chi connectivity index (χ2v) is 3.78. The maximum atomic E-state index is 12.3. The molecule has 0 amide bonds. The van der Waals surface area contributed by atoms with Gasteiger partial charge in [0, 0.05) is 6.07 Å². The Morgan fingerprint density at radius 1 is 1.33 bits per heavy atom. The van der Waals surface area contributed by atoms with Crippen molar-refractivity contribution in [1.82, 2.24) is 5.16 Å². The van der Waals surface area contributed by atoms with Gasteiger partial charge in [-0.05, 0) is 17.9 Å². The minimum absolute atomic E-state index is 0.0416. The van der Waals surface area contributed by atoms with E-state index in [1.807, 2.05) is 0 Å². The van der Waals surface area contributed by atoms with Gasteiger partial charge in [0.05, 0.1) is 19.1 Å². The number of alkyl halides is 2. The summed E-state index contributed by atoms with van der Waals surface area (Å²) in [7, 11) is 5.65. The Hall–Kier alpha value is -1.85. The molecule has 92 valence electrons. The molecule has 1 atom stereocenters. The largest absolute Gasteiger partial charge is 0.434 e. The fraction of sp³-hybridized carbons (Fsp3) is 0.250. The number of benzene rings is 1. The van der Waals surface area contributed by atoms with Crippen molar-refractivity contribution in [3.63, 3.8) is 0 Å². The lowest BCUT2D eigenvalue weighted by Crippen LogP contribution is -2.02. The number of ether oxygens (including phenoxy) is 1. The van der Waals surface area contributed by atoms with E-state index in [4.69, 9.17) is 12.4 Å². The molecule has 0 spiro atoms. The zero-order chi connectivity index (χ0) is 13.1. The van der Waals surface area contributed by atoms with Gasteiger partial charge in [0.2, 0.25) is 0 Å². The van der Waals surface area contributed by atoms with Crippen LogP contribution in [-0.4, -0.2) is 19.6 Å². The Balaban J connectivity index is 2.36. The van der Waals surface area contributed by atoms with Crippen molar-refractivity contribution < 1.29 is 18.0 Å². The van der Waals surface area contributed by atoms with Crippen molar-refractivity contribution in [3.8, 4) is 17.1 Å². The summed E-state index contributed by atoms with van der Waals surface area (Å²) in [6, 6.07) is 7.96. The third-order valence-electron chi connectivity index (χ3n) is 2.36. The van der Waals surface area contributed by atoms with Gasteiger partial charge >= 0.3 is 6.61 Å². The molecule has 0 N–H and O–H groups in total. The van der Waals surface area contributed by atoms with Crippen molar-refractivity contribution in [1.29, 1.82) is 0 Å². The maximum absolute atomic E-state index is 12.3. The van der Waals surface area contributed by atoms with Crippen molar-refractivity contribution in [2.24, 2.45) is 0 Å². The fourth-order valence-corrected chi connectivity index (χ4v) is 1.50. The summed E-state index contributed by atoms with van der Waals surface area (Å²) in [4.78, 5) is 0. The highest BCUT2D eigenvalue weighted by Crippen LogP contribution is 2.32. The third-order valence-corrected chi connectivity index (χ3v) is 2.36. The van der Waals surface area contributed by atoms with E-state index in [9.17, 15) is 8.78 Å². The average molecular weight is 249 g/mol. The maximum Gasteiger partial charge on any atom is 0.387 e. The van der Waals surface area contributed by atoms with Crippen molar-refractivity contribution in [2.45, 2.75) is 19.4 Å². The van der Waals surface area contributed by atoms with Crippen LogP contribution in [0.5, 0.6) is 5.75 Å². The van der Waals surface area contributed by atoms with Gasteiger partial charge in [-0.1, -0.05) is 24.2 Å². The number of nitrogens with zero attached hydrogens (tertiary/aromatic N) is 1. The minimum atomic E-state index is -2.89. The topological polar surface area (TPSA) is 35.3 Å². The van der Waals surface area contributed by atoms with Crippen molar-refractivity contribution in [3.05, 3.63) is 36.0 Å². The third kappa shape index (κ3) is 2.69. The van der Waals surface area contributed by atoms with Crippen LogP contribution >= 0.6 is 0 Å². The average Bonchev–Trinajstić information content (AvgIpc) is 2.78. The van der Waals surface area contributed by atoms with E-state index < -0.39 is 6.61 Å². The molecule has 6 heteroatoms. The summed E-state index contributed by atoms with van der Waals surface area (Å²) in [5.74, 6) is 0.101. The second-order valence-electron chi connectivity index (χ2n) is 3.78. The Kier molecular flexibility index (Phi) is 3.65. The van der Waals surface area contributed by atoms with Crippen LogP contribution in [0.3, 0.4) is 0 Å². The number of para-hydroxylation sites is 1. The first kappa shape index (κ1) is 12.6. The van der Waals surface area contributed by atoms with Crippen LogP contribution in [-0.2, 0) is 0 Å². The Morgan fingerprint density at radius 3 is 2.67 bits per heavy atom. The van der Waals surface area contributed by atoms with E-state index in [0.717, 1.165) is 0 Å². The molecule has 3 nitrogen and oxygen atoms in total. The summed E-state index contributed by atoms with van der Waals surface area (Å²) in [6.45, 7) is -1.13. The summed E-state index contributed by atoms with van der Waals surface area (Å²) in [5.41, 5.74) is 0.967. The van der Waals surface area contributed by atoms with Crippen LogP contribution in [0.15, 0.2) is 34.9 Å². The van der Waals surface area contributed by atoms with Gasteiger partial charge in [-0.2, -0.15) is 8.78 Å². The molecule has 1 aromatic heterocycles. The molecule has 1 unspecified atom stereocenters. The molecule has 2 radical (unpaired) electrons. The molecule has 0 fully saturated rings. The molecule has 0 aliphatic rings. The van der Waals surface area contributed by atoms with Gasteiger partial charge in [0.1, 0.15) is 5.75 Å². The molecule has 0 bridgehead atoms. The standard InChI is InChI=1S/C12H10BF2NO2/c1-7(13)9-6-11(18-16-9)8-4-2-3-5-10(8)17-12(14)15/h2-7,12H,1H3. The predicted octanol–water partition coefficient (Wildman–Crippen LogP) is 3.17. The zero-order valence-corrected chi connectivity index (χ0v) is 9.64. The highest BCUT2D eigenvalue weighted by molar-refractivity contribution is 6.11. The fourth-order valence-electron chi connectivity index (χ4n) is 1.50. The van der Waals surface area contributed by atoms with Crippen molar-refractivity contribution in [2.75, 3.05) is 0 Å². The van der Waals surface area contributed by atoms with Crippen LogP contribution in [0, 0.1) is 0 Å². The molecule has 18 heavy (non-hydrogen) atoms. The molecule has 1 heterocycles. The molecule has 2 aromatic rings. The van der Waals surface area contributed by atoms with Gasteiger partial charge in [0.15, 0.2) is 5.76 Å². The van der Waals surface area contributed by atoms with Crippen LogP contribution in [0.25, 0.3) is 11.3 Å². The zero-order valence-electron chi connectivity index (χ0n) is 9.64. The van der Waals surface area contributed by atoms with Crippen LogP contribution in [0.1, 0.15) is 18.4 Å². The van der Waals surface area contributed by atoms with Crippen LogP contribution < -0.4 is 4.74 Å². The second kappa shape index (κ2) is 5.20. The minimum Gasteiger partial charge on any atom is -0.434 e. The Bertz CT molecular complexity index is 528. The van der Waals surface area contributed by atoms with E-state index in [-0.39, 0.29) is 11.6 Å². The number of rotatable bonds is 4. The summed E-state index contributed by atoms with van der Waals surface area (Å²) in [5, 5.41) is 3.77. The van der Waals surface area contributed by atoms with E-state index >= 15 is 0 Å². The van der Waals surface area contributed by atoms with Gasteiger partial charge in [-0.15, -0.1) is 0 Å². The van der Waals surface area contributed by atoms with E-state index in [1.165, 1.54) is 6.07 Å². The van der Waals surface area contributed by atoms with Crippen LogP contribution in [0.4, 0.5) is 8.78 Å². The van der Waals surface area contributed by atoms with Gasteiger partial charge in [-0.25, -0.2) is 0 Å². The van der Waals surface area contributed by atoms with Gasteiger partial charge in [0.25, 0.3) is 0 Å². The van der Waals surface area contributed by atoms with Crippen molar-refractivity contribution >= 4 is 7.85 Å². The van der Waals surface area contributed by atoms with Crippen LogP contribution in [0.2, 0.25) is 0 Å². The highest BCUT2D eigenvalue weighted by Gasteiger charge is 2.15. The van der Waals surface area contributed by atoms with Gasteiger partial charge < -0.3 is 9.26 Å². The van der Waals surface area contributed by atoms with E-state index in [2.05, 4.69) is 9.89 Å². The highest BCUT2D eigenvalue weighted by atomic mass is 19.3. The lowest BCUT2D eigenvalue weighted by Gasteiger charge is -2.07. The van der Waals surface area contributed by atoms with Gasteiger partial charge in [-0.3, -0.25) is 0 Å². The number of halogens is 2. The monoisotopic (exact) mass is 249 g/mol. The lowest BCUT2D eigenvalue weighted by molar-refractivity contribution is -0.0495. The van der Waals surface area contributed by atoms with E-state index in [0.29, 0.717) is 17.0 Å². The quantitative estimate of drug-likeness (QED) is 0.780.